The van der Waals surface area contributed by atoms with E-state index in [2.05, 4.69) is 4.65 Å². The molecule has 0 atom stereocenters. The molecular weight excluding hydrogens is 82.1 g/mol. The molecule has 0 aliphatic heterocycles. The molecular formula is CH5B5O. The van der Waals surface area contributed by atoms with Crippen LogP contribution in [-0.4, -0.2) is 41.9 Å². The normalized spacial score (nSPS) is 6.43. The second kappa shape index (κ2) is 6.12. The Morgan fingerprint density at radius 3 is 2.57 bits per heavy atom. The average Bonchev–Trinajstić information content (AvgIpc) is 1.69. The van der Waals surface area contributed by atoms with Crippen LogP contribution in [0.25, 0.3) is 0 Å². The van der Waals surface area contributed by atoms with Gasteiger partial charge in [0.2, 0.25) is 0 Å². The fourth-order valence-corrected chi connectivity index (χ4v) is 0.235. The molecule has 0 radical (unpaired) electrons. The van der Waals surface area contributed by atoms with Gasteiger partial charge in [-0.25, -0.2) is 0 Å². The van der Waals surface area contributed by atoms with Crippen LogP contribution in [0, 0.1) is 0 Å². The summed E-state index contributed by atoms with van der Waals surface area (Å²) in [6, 6.07) is 0. The van der Waals surface area contributed by atoms with E-state index in [-0.39, 0.29) is 0 Å². The zero-order valence-electron chi connectivity index (χ0n) is 4.72. The van der Waals surface area contributed by atoms with E-state index < -0.39 is 0 Å². The number of hydrogen-bond donors (Lipinski definition) is 0. The molecule has 0 rings (SSSR count). The predicted octanol–water partition coefficient (Wildman–Crippen LogP) is -2.34. The van der Waals surface area contributed by atoms with Gasteiger partial charge in [-0.15, -0.1) is 0 Å². The second-order valence-corrected chi connectivity index (χ2v) is 1.09. The van der Waals surface area contributed by atoms with Crippen molar-refractivity contribution in [2.75, 3.05) is 7.11 Å². The van der Waals surface area contributed by atoms with E-state index in [1.165, 1.54) is 0 Å². The van der Waals surface area contributed by atoms with Gasteiger partial charge in [0.15, 0.2) is 0 Å². The molecule has 0 spiro atoms. The van der Waals surface area contributed by atoms with Crippen molar-refractivity contribution in [2.24, 2.45) is 0 Å². The summed E-state index contributed by atoms with van der Waals surface area (Å²) in [6.45, 7) is 5.68. The molecule has 0 bridgehead atoms. The summed E-state index contributed by atoms with van der Waals surface area (Å²) in [5, 5.41) is 0. The molecule has 0 heterocycles. The molecule has 30 valence electrons. The van der Waals surface area contributed by atoms with Gasteiger partial charge in [-0.3, -0.25) is 0 Å². The first-order valence-electron chi connectivity index (χ1n) is 2.22. The summed E-state index contributed by atoms with van der Waals surface area (Å²) >= 11 is 0. The van der Waals surface area contributed by atoms with Crippen molar-refractivity contribution < 1.29 is 4.65 Å². The van der Waals surface area contributed by atoms with Crippen molar-refractivity contribution in [1.29, 1.82) is 0 Å². The van der Waals surface area contributed by atoms with Gasteiger partial charge in [-0.2, -0.15) is 0 Å². The molecule has 0 aromatic rings. The predicted molar refractivity (Wildman–Crippen MR) is 38.6 cm³/mol. The van der Waals surface area contributed by atoms with Crippen LogP contribution in [0.5, 0.6) is 0 Å². The summed E-state index contributed by atoms with van der Waals surface area (Å²) < 4.78 is 4.61. The molecule has 7 heavy (non-hydrogen) atoms. The Morgan fingerprint density at radius 1 is 1.43 bits per heavy atom. The van der Waals surface area contributed by atoms with Gasteiger partial charge in [0.1, 0.15) is 0 Å². The van der Waals surface area contributed by atoms with Crippen LogP contribution in [-0.2, 0) is 4.65 Å². The van der Waals surface area contributed by atoms with E-state index in [9.17, 15) is 0 Å². The van der Waals surface area contributed by atoms with E-state index in [0.29, 0.717) is 0 Å². The van der Waals surface area contributed by atoms with Crippen LogP contribution in [0.4, 0.5) is 0 Å². The standard InChI is InChI=1S/CH5B5O/c1-7-6-5-4-3-2/h2H2,1H3. The van der Waals surface area contributed by atoms with E-state index >= 15 is 0 Å². The van der Waals surface area contributed by atoms with Crippen LogP contribution in [0.1, 0.15) is 0 Å². The maximum atomic E-state index is 4.61. The summed E-state index contributed by atoms with van der Waals surface area (Å²) in [6.07, 6.45) is 0. The third kappa shape index (κ3) is 6.12. The summed E-state index contributed by atoms with van der Waals surface area (Å²) in [5.41, 5.74) is 0. The maximum absolute atomic E-state index is 4.61. The summed E-state index contributed by atoms with van der Waals surface area (Å²) in [4.78, 5) is 0. The SMILES string of the molecule is BB=BB=BOC. The van der Waals surface area contributed by atoms with Crippen molar-refractivity contribution >= 4 is 34.8 Å². The molecule has 0 aliphatic rings. The molecule has 0 saturated heterocycles. The number of rotatable bonds is 2. The Bertz CT molecular complexity index is 76.1. The molecule has 0 N–H and O–H groups in total. The topological polar surface area (TPSA) is 9.23 Å². The van der Waals surface area contributed by atoms with Gasteiger partial charge in [0.25, 0.3) is 0 Å². The van der Waals surface area contributed by atoms with Crippen molar-refractivity contribution in [3.8, 4) is 0 Å². The molecule has 0 amide bonds. The van der Waals surface area contributed by atoms with E-state index in [0.717, 1.165) is 0 Å². The minimum atomic E-state index is 1.62. The Morgan fingerprint density at radius 2 is 2.14 bits per heavy atom. The van der Waals surface area contributed by atoms with Crippen LogP contribution < -0.4 is 0 Å². The first kappa shape index (κ1) is 7.12. The molecule has 0 aliphatic carbocycles. The molecule has 0 unspecified atom stereocenters. The molecule has 0 aromatic carbocycles. The van der Waals surface area contributed by atoms with Crippen molar-refractivity contribution in [3.05, 3.63) is 0 Å². The zero-order valence-corrected chi connectivity index (χ0v) is 4.72. The fourth-order valence-electron chi connectivity index (χ4n) is 0.235. The molecule has 1 nitrogen and oxygen atoms in total. The van der Waals surface area contributed by atoms with Crippen molar-refractivity contribution in [2.45, 2.75) is 0 Å². The van der Waals surface area contributed by atoms with Gasteiger partial charge in [-0.05, 0) is 0 Å². The third-order valence-corrected chi connectivity index (χ3v) is 0.518. The van der Waals surface area contributed by atoms with E-state index in [1.54, 1.807) is 14.1 Å². The zero-order chi connectivity index (χ0) is 5.54. The third-order valence-electron chi connectivity index (χ3n) is 0.518. The van der Waals surface area contributed by atoms with Crippen LogP contribution in [0.2, 0.25) is 0 Å². The molecule has 0 saturated carbocycles. The van der Waals surface area contributed by atoms with Crippen LogP contribution in [0.3, 0.4) is 0 Å². The van der Waals surface area contributed by atoms with Crippen LogP contribution in [0.15, 0.2) is 0 Å². The summed E-state index contributed by atoms with van der Waals surface area (Å²) in [5.74, 6) is 0. The van der Waals surface area contributed by atoms with Gasteiger partial charge in [0, 0.05) is 0 Å². The van der Waals surface area contributed by atoms with Crippen LogP contribution >= 0.6 is 0 Å². The Kier molecular flexibility index (Phi) is 6.23. The quantitative estimate of drug-likeness (QED) is 0.343. The minimum absolute atomic E-state index is 1.62. The second-order valence-electron chi connectivity index (χ2n) is 1.09. The van der Waals surface area contributed by atoms with E-state index in [1.807, 2.05) is 27.8 Å². The first-order valence-corrected chi connectivity index (χ1v) is 2.22. The molecule has 6 heteroatoms. The molecule has 0 fully saturated rings. The fraction of sp³-hybridized carbons (Fsp3) is 1.00. The Hall–Kier alpha value is 0.125. The monoisotopic (exact) mass is 88.1 g/mol. The molecule has 0 aromatic heterocycles. The Balaban J connectivity index is 3.09. The van der Waals surface area contributed by atoms with Crippen molar-refractivity contribution in [1.82, 2.24) is 0 Å². The summed E-state index contributed by atoms with van der Waals surface area (Å²) in [7, 11) is 5.21. The van der Waals surface area contributed by atoms with Gasteiger partial charge < -0.3 is 0 Å². The number of hydrogen-bond acceptors (Lipinski definition) is 1. The van der Waals surface area contributed by atoms with Gasteiger partial charge in [0.05, 0.1) is 0 Å². The van der Waals surface area contributed by atoms with Gasteiger partial charge in [-0.1, -0.05) is 0 Å². The van der Waals surface area contributed by atoms with Gasteiger partial charge >= 0.3 is 46.6 Å². The Labute approximate surface area is 47.4 Å². The first-order chi connectivity index (χ1) is 3.41. The van der Waals surface area contributed by atoms with Crippen molar-refractivity contribution in [3.63, 3.8) is 0 Å². The van der Waals surface area contributed by atoms with E-state index in [4.69, 9.17) is 0 Å². The average molecular weight is 87.1 g/mol.